The number of pyridine rings is 1. The predicted octanol–water partition coefficient (Wildman–Crippen LogP) is 4.10. The molecule has 2 aromatic heterocycles. The van der Waals surface area contributed by atoms with Gasteiger partial charge in [-0.1, -0.05) is 41.9 Å². The normalized spacial score (nSPS) is 10.9. The van der Waals surface area contributed by atoms with E-state index < -0.39 is 0 Å². The van der Waals surface area contributed by atoms with Crippen LogP contribution in [0.25, 0.3) is 28.1 Å². The summed E-state index contributed by atoms with van der Waals surface area (Å²) in [4.78, 5) is 22.1. The standard InChI is InChI=1S/C19H12ClN3O/c20-14-8-2-4-11-17(14)23-18(16-10-5-6-12-21-16)22-15-9-3-1-7-13(15)19(23)24/h1-12H. The van der Waals surface area contributed by atoms with Gasteiger partial charge in [0.05, 0.1) is 21.6 Å². The molecule has 0 atom stereocenters. The van der Waals surface area contributed by atoms with E-state index in [2.05, 4.69) is 9.97 Å². The molecule has 4 rings (SSSR count). The van der Waals surface area contributed by atoms with Gasteiger partial charge in [-0.15, -0.1) is 0 Å². The molecule has 5 heteroatoms. The molecule has 24 heavy (non-hydrogen) atoms. The summed E-state index contributed by atoms with van der Waals surface area (Å²) in [5.74, 6) is 0.465. The zero-order valence-corrected chi connectivity index (χ0v) is 13.3. The number of para-hydroxylation sites is 2. The van der Waals surface area contributed by atoms with Gasteiger partial charge in [0, 0.05) is 6.20 Å². The van der Waals surface area contributed by atoms with Gasteiger partial charge >= 0.3 is 0 Å². The Morgan fingerprint density at radius 3 is 2.42 bits per heavy atom. The lowest BCUT2D eigenvalue weighted by Crippen LogP contribution is -2.22. The van der Waals surface area contributed by atoms with Crippen LogP contribution in [0, 0.1) is 0 Å². The highest BCUT2D eigenvalue weighted by Crippen LogP contribution is 2.24. The lowest BCUT2D eigenvalue weighted by Gasteiger charge is -2.14. The van der Waals surface area contributed by atoms with Crippen molar-refractivity contribution in [2.24, 2.45) is 0 Å². The largest absolute Gasteiger partial charge is 0.268 e. The molecule has 4 nitrogen and oxygen atoms in total. The molecule has 0 aliphatic rings. The SMILES string of the molecule is O=c1c2ccccc2nc(-c2ccccn2)n1-c1ccccc1Cl. The summed E-state index contributed by atoms with van der Waals surface area (Å²) in [5.41, 5.74) is 1.66. The Bertz CT molecular complexity index is 1090. The number of hydrogen-bond donors (Lipinski definition) is 0. The predicted molar refractivity (Wildman–Crippen MR) is 95.6 cm³/mol. The number of nitrogens with zero attached hydrogens (tertiary/aromatic N) is 3. The third-order valence-corrected chi connectivity index (χ3v) is 4.08. The minimum atomic E-state index is -0.172. The fourth-order valence-corrected chi connectivity index (χ4v) is 2.88. The number of fused-ring (bicyclic) bond motifs is 1. The van der Waals surface area contributed by atoms with Gasteiger partial charge in [0.15, 0.2) is 5.82 Å². The fourth-order valence-electron chi connectivity index (χ4n) is 2.66. The minimum absolute atomic E-state index is 0.172. The van der Waals surface area contributed by atoms with Crippen molar-refractivity contribution in [2.75, 3.05) is 0 Å². The van der Waals surface area contributed by atoms with Gasteiger partial charge < -0.3 is 0 Å². The Balaban J connectivity index is 2.16. The first kappa shape index (κ1) is 14.6. The average molecular weight is 334 g/mol. The first-order chi connectivity index (χ1) is 11.8. The average Bonchev–Trinajstić information content (AvgIpc) is 2.63. The molecule has 116 valence electrons. The summed E-state index contributed by atoms with van der Waals surface area (Å²) in [5, 5.41) is 1.02. The van der Waals surface area contributed by atoms with Crippen LogP contribution in [0.3, 0.4) is 0 Å². The molecule has 2 aromatic carbocycles. The number of aromatic nitrogens is 3. The Morgan fingerprint density at radius 2 is 1.62 bits per heavy atom. The zero-order chi connectivity index (χ0) is 16.5. The van der Waals surface area contributed by atoms with Gasteiger partial charge in [-0.25, -0.2) is 4.98 Å². The summed E-state index contributed by atoms with van der Waals surface area (Å²) < 4.78 is 1.52. The van der Waals surface area contributed by atoms with Crippen molar-refractivity contribution >= 4 is 22.5 Å². The highest BCUT2D eigenvalue weighted by atomic mass is 35.5. The summed E-state index contributed by atoms with van der Waals surface area (Å²) >= 11 is 6.33. The Morgan fingerprint density at radius 1 is 0.875 bits per heavy atom. The van der Waals surface area contributed by atoms with E-state index in [4.69, 9.17) is 11.6 Å². The maximum atomic E-state index is 13.1. The van der Waals surface area contributed by atoms with Gasteiger partial charge in [-0.05, 0) is 36.4 Å². The van der Waals surface area contributed by atoms with Crippen LogP contribution in [0.4, 0.5) is 0 Å². The topological polar surface area (TPSA) is 47.8 Å². The van der Waals surface area contributed by atoms with Crippen molar-refractivity contribution in [3.63, 3.8) is 0 Å². The van der Waals surface area contributed by atoms with Crippen molar-refractivity contribution < 1.29 is 0 Å². The molecule has 0 bridgehead atoms. The van der Waals surface area contributed by atoms with Crippen molar-refractivity contribution in [2.45, 2.75) is 0 Å². The van der Waals surface area contributed by atoms with Gasteiger partial charge in [-0.3, -0.25) is 14.3 Å². The van der Waals surface area contributed by atoms with Crippen LogP contribution in [-0.4, -0.2) is 14.5 Å². The maximum Gasteiger partial charge on any atom is 0.266 e. The molecule has 0 fully saturated rings. The van der Waals surface area contributed by atoms with Crippen LogP contribution >= 0.6 is 11.6 Å². The van der Waals surface area contributed by atoms with Crippen LogP contribution < -0.4 is 5.56 Å². The fraction of sp³-hybridized carbons (Fsp3) is 0. The van der Waals surface area contributed by atoms with E-state index in [0.29, 0.717) is 33.1 Å². The van der Waals surface area contributed by atoms with Crippen LogP contribution in [0.2, 0.25) is 5.02 Å². The van der Waals surface area contributed by atoms with E-state index in [9.17, 15) is 4.79 Å². The summed E-state index contributed by atoms with van der Waals surface area (Å²) in [7, 11) is 0. The van der Waals surface area contributed by atoms with Crippen molar-refractivity contribution in [3.05, 3.63) is 88.3 Å². The summed E-state index contributed by atoms with van der Waals surface area (Å²) in [6, 6.07) is 20.0. The van der Waals surface area contributed by atoms with Gasteiger partial charge in [-0.2, -0.15) is 0 Å². The van der Waals surface area contributed by atoms with Gasteiger partial charge in [0.25, 0.3) is 5.56 Å². The molecule has 0 spiro atoms. The second kappa shape index (κ2) is 5.91. The van der Waals surface area contributed by atoms with Crippen molar-refractivity contribution in [1.29, 1.82) is 0 Å². The molecule has 0 radical (unpaired) electrons. The summed E-state index contributed by atoms with van der Waals surface area (Å²) in [6.45, 7) is 0. The second-order valence-electron chi connectivity index (χ2n) is 5.26. The zero-order valence-electron chi connectivity index (χ0n) is 12.6. The number of rotatable bonds is 2. The smallest absolute Gasteiger partial charge is 0.266 e. The molecule has 0 N–H and O–H groups in total. The number of halogens is 1. The molecule has 0 saturated heterocycles. The van der Waals surface area contributed by atoms with Crippen LogP contribution in [0.5, 0.6) is 0 Å². The van der Waals surface area contributed by atoms with Crippen LogP contribution in [-0.2, 0) is 0 Å². The molecule has 0 aliphatic carbocycles. The van der Waals surface area contributed by atoms with Crippen LogP contribution in [0.1, 0.15) is 0 Å². The number of benzene rings is 2. The van der Waals surface area contributed by atoms with E-state index in [1.54, 1.807) is 24.4 Å². The molecule has 0 aliphatic heterocycles. The maximum absolute atomic E-state index is 13.1. The third-order valence-electron chi connectivity index (χ3n) is 3.76. The second-order valence-corrected chi connectivity index (χ2v) is 5.67. The van der Waals surface area contributed by atoms with E-state index >= 15 is 0 Å². The lowest BCUT2D eigenvalue weighted by molar-refractivity contribution is 0.965. The highest BCUT2D eigenvalue weighted by Gasteiger charge is 2.16. The Kier molecular flexibility index (Phi) is 3.59. The van der Waals surface area contributed by atoms with Crippen molar-refractivity contribution in [1.82, 2.24) is 14.5 Å². The highest BCUT2D eigenvalue weighted by molar-refractivity contribution is 6.32. The van der Waals surface area contributed by atoms with Crippen LogP contribution in [0.15, 0.2) is 77.7 Å². The first-order valence-corrected chi connectivity index (χ1v) is 7.81. The van der Waals surface area contributed by atoms with E-state index in [0.717, 1.165) is 0 Å². The van der Waals surface area contributed by atoms with Gasteiger partial charge in [0.2, 0.25) is 0 Å². The van der Waals surface area contributed by atoms with E-state index in [1.807, 2.05) is 48.5 Å². The molecule has 0 amide bonds. The molecular formula is C19H12ClN3O. The van der Waals surface area contributed by atoms with Crippen molar-refractivity contribution in [3.8, 4) is 17.2 Å². The van der Waals surface area contributed by atoms with E-state index in [1.165, 1.54) is 4.57 Å². The molecular weight excluding hydrogens is 322 g/mol. The quantitative estimate of drug-likeness (QED) is 0.555. The molecule has 2 heterocycles. The molecule has 0 saturated carbocycles. The molecule has 4 aromatic rings. The first-order valence-electron chi connectivity index (χ1n) is 7.44. The third kappa shape index (κ3) is 2.37. The molecule has 0 unspecified atom stereocenters. The van der Waals surface area contributed by atoms with Gasteiger partial charge in [0.1, 0.15) is 5.69 Å². The Hall–Kier alpha value is -2.98. The number of hydrogen-bond acceptors (Lipinski definition) is 3. The lowest BCUT2D eigenvalue weighted by atomic mass is 10.2. The minimum Gasteiger partial charge on any atom is -0.268 e. The monoisotopic (exact) mass is 333 g/mol. The summed E-state index contributed by atoms with van der Waals surface area (Å²) in [6.07, 6.45) is 1.67. The van der Waals surface area contributed by atoms with E-state index in [-0.39, 0.29) is 5.56 Å². The Labute approximate surface area is 143 Å².